The Balaban J connectivity index is 3.01. The zero-order chi connectivity index (χ0) is 9.84. The van der Waals surface area contributed by atoms with Crippen LogP contribution in [-0.4, -0.2) is 15.9 Å². The molecule has 5 heteroatoms. The molecule has 3 nitrogen and oxygen atoms in total. The van der Waals surface area contributed by atoms with Crippen molar-refractivity contribution in [1.29, 1.82) is 0 Å². The van der Waals surface area contributed by atoms with E-state index >= 15 is 0 Å². The van der Waals surface area contributed by atoms with Gasteiger partial charge in [0.05, 0.1) is 12.9 Å². The van der Waals surface area contributed by atoms with Crippen molar-refractivity contribution in [2.45, 2.75) is 5.75 Å². The average Bonchev–Trinajstić information content (AvgIpc) is 2.03. The van der Waals surface area contributed by atoms with E-state index in [0.717, 1.165) is 0 Å². The van der Waals surface area contributed by atoms with E-state index < -0.39 is 11.1 Å². The molecule has 1 N–H and O–H groups in total. The lowest BCUT2D eigenvalue weighted by atomic mass is 10.2. The number of methoxy groups -OCH3 is 1. The maximum atomic E-state index is 10.6. The van der Waals surface area contributed by atoms with Crippen LogP contribution in [-0.2, 0) is 16.8 Å². The summed E-state index contributed by atoms with van der Waals surface area (Å²) >= 11 is 3.85. The van der Waals surface area contributed by atoms with Gasteiger partial charge >= 0.3 is 0 Å². The molecule has 0 amide bonds. The molecule has 72 valence electrons. The Kier molecular flexibility index (Phi) is 3.71. The molecule has 1 unspecified atom stereocenters. The third kappa shape index (κ3) is 2.99. The molecule has 1 aromatic carbocycles. The number of hydrogen-bond acceptors (Lipinski definition) is 2. The van der Waals surface area contributed by atoms with Crippen LogP contribution in [0.15, 0.2) is 18.2 Å². The van der Waals surface area contributed by atoms with E-state index in [0.29, 0.717) is 16.3 Å². The zero-order valence-electron chi connectivity index (χ0n) is 6.99. The minimum Gasteiger partial charge on any atom is -0.496 e. The lowest BCUT2D eigenvalue weighted by Gasteiger charge is -2.06. The van der Waals surface area contributed by atoms with Crippen molar-refractivity contribution in [3.8, 4) is 5.75 Å². The van der Waals surface area contributed by atoms with Crippen LogP contribution in [0.1, 0.15) is 5.56 Å². The van der Waals surface area contributed by atoms with Crippen LogP contribution in [0.2, 0.25) is 5.02 Å². The topological polar surface area (TPSA) is 46.5 Å². The fraction of sp³-hybridized carbons (Fsp3) is 0.250. The number of benzene rings is 1. The van der Waals surface area contributed by atoms with E-state index in [1.807, 2.05) is 0 Å². The highest BCUT2D eigenvalue weighted by Crippen LogP contribution is 2.23. The minimum absolute atomic E-state index is 0.0315. The second-order valence-corrected chi connectivity index (χ2v) is 3.79. The molecule has 13 heavy (non-hydrogen) atoms. The molecule has 0 fully saturated rings. The number of hydrogen-bond donors (Lipinski definition) is 1. The summed E-state index contributed by atoms with van der Waals surface area (Å²) in [4.78, 5) is 0. The Morgan fingerprint density at radius 3 is 2.85 bits per heavy atom. The molecule has 1 aromatic rings. The maximum absolute atomic E-state index is 10.6. The maximum Gasteiger partial charge on any atom is 0.157 e. The molecule has 0 saturated heterocycles. The van der Waals surface area contributed by atoms with Crippen molar-refractivity contribution in [3.05, 3.63) is 28.8 Å². The summed E-state index contributed by atoms with van der Waals surface area (Å²) in [5.41, 5.74) is 0.635. The second kappa shape index (κ2) is 4.60. The lowest BCUT2D eigenvalue weighted by molar-refractivity contribution is 0.411. The SMILES string of the molecule is COc1ccc(Cl)cc1CS(=O)O. The van der Waals surface area contributed by atoms with E-state index in [9.17, 15) is 4.21 Å². The molecule has 0 aliphatic carbocycles. The third-order valence-electron chi connectivity index (χ3n) is 1.52. The van der Waals surface area contributed by atoms with E-state index in [1.54, 1.807) is 18.2 Å². The monoisotopic (exact) mass is 220 g/mol. The molecule has 0 radical (unpaired) electrons. The Labute approximate surface area is 84.0 Å². The first-order valence-corrected chi connectivity index (χ1v) is 5.18. The van der Waals surface area contributed by atoms with Crippen LogP contribution >= 0.6 is 11.6 Å². The lowest BCUT2D eigenvalue weighted by Crippen LogP contribution is -1.96. The summed E-state index contributed by atoms with van der Waals surface area (Å²) in [5.74, 6) is 0.607. The smallest absolute Gasteiger partial charge is 0.157 e. The molecular formula is C8H9ClO3S. The van der Waals surface area contributed by atoms with E-state index in [2.05, 4.69) is 0 Å². The highest BCUT2D eigenvalue weighted by Gasteiger charge is 2.06. The summed E-state index contributed by atoms with van der Waals surface area (Å²) in [5, 5.41) is 0.529. The third-order valence-corrected chi connectivity index (χ3v) is 2.31. The molecule has 0 aromatic heterocycles. The van der Waals surface area contributed by atoms with Crippen molar-refractivity contribution in [2.75, 3.05) is 7.11 Å². The van der Waals surface area contributed by atoms with Gasteiger partial charge in [-0.2, -0.15) is 0 Å². The molecule has 0 aliphatic heterocycles. The first kappa shape index (κ1) is 10.5. The van der Waals surface area contributed by atoms with Crippen molar-refractivity contribution < 1.29 is 13.5 Å². The molecule has 1 rings (SSSR count). The van der Waals surface area contributed by atoms with Gasteiger partial charge in [0.2, 0.25) is 0 Å². The largest absolute Gasteiger partial charge is 0.496 e. The van der Waals surface area contributed by atoms with Gasteiger partial charge in [-0.05, 0) is 18.2 Å². The second-order valence-electron chi connectivity index (χ2n) is 2.42. The van der Waals surface area contributed by atoms with Crippen LogP contribution in [0.3, 0.4) is 0 Å². The van der Waals surface area contributed by atoms with Crippen LogP contribution in [0.5, 0.6) is 5.75 Å². The molecule has 0 aliphatic rings. The molecular weight excluding hydrogens is 212 g/mol. The quantitative estimate of drug-likeness (QED) is 0.794. The van der Waals surface area contributed by atoms with Crippen molar-refractivity contribution in [2.24, 2.45) is 0 Å². The molecule has 0 bridgehead atoms. The van der Waals surface area contributed by atoms with Gasteiger partial charge in [0.15, 0.2) is 11.1 Å². The van der Waals surface area contributed by atoms with E-state index in [4.69, 9.17) is 20.9 Å². The molecule has 0 heterocycles. The summed E-state index contributed by atoms with van der Waals surface area (Å²) in [6, 6.07) is 4.96. The highest BCUT2D eigenvalue weighted by atomic mass is 35.5. The summed E-state index contributed by atoms with van der Waals surface area (Å²) < 4.78 is 24.2. The van der Waals surface area contributed by atoms with Gasteiger partial charge in [0.1, 0.15) is 5.75 Å². The Morgan fingerprint density at radius 2 is 2.31 bits per heavy atom. The van der Waals surface area contributed by atoms with Crippen LogP contribution in [0.4, 0.5) is 0 Å². The fourth-order valence-corrected chi connectivity index (χ4v) is 1.68. The number of ether oxygens (including phenoxy) is 1. The summed E-state index contributed by atoms with van der Waals surface area (Å²) in [6.45, 7) is 0. The van der Waals surface area contributed by atoms with E-state index in [-0.39, 0.29) is 5.75 Å². The number of rotatable bonds is 3. The van der Waals surface area contributed by atoms with Gasteiger partial charge in [0, 0.05) is 10.6 Å². The van der Waals surface area contributed by atoms with Crippen molar-refractivity contribution >= 4 is 22.7 Å². The Hall–Kier alpha value is -0.580. The van der Waals surface area contributed by atoms with Gasteiger partial charge < -0.3 is 9.29 Å². The Bertz CT molecular complexity index is 327. The fourth-order valence-electron chi connectivity index (χ4n) is 0.993. The predicted octanol–water partition coefficient (Wildman–Crippen LogP) is 2.07. The van der Waals surface area contributed by atoms with Gasteiger partial charge in [-0.25, -0.2) is 4.21 Å². The highest BCUT2D eigenvalue weighted by molar-refractivity contribution is 7.78. The van der Waals surface area contributed by atoms with Crippen LogP contribution in [0, 0.1) is 0 Å². The summed E-state index contributed by atoms with van der Waals surface area (Å²) in [6.07, 6.45) is 0. The van der Waals surface area contributed by atoms with Gasteiger partial charge in [-0.1, -0.05) is 11.6 Å². The molecule has 0 spiro atoms. The van der Waals surface area contributed by atoms with Gasteiger partial charge in [0.25, 0.3) is 0 Å². The first-order chi connectivity index (χ1) is 6.13. The standard InChI is InChI=1S/C8H9ClO3S/c1-12-8-3-2-7(9)4-6(8)5-13(10)11/h2-4H,5H2,1H3,(H,10,11). The van der Waals surface area contributed by atoms with Crippen molar-refractivity contribution in [1.82, 2.24) is 0 Å². The minimum atomic E-state index is -1.88. The average molecular weight is 221 g/mol. The number of halogens is 1. The van der Waals surface area contributed by atoms with Crippen LogP contribution in [0.25, 0.3) is 0 Å². The van der Waals surface area contributed by atoms with Crippen LogP contribution < -0.4 is 4.74 Å². The normalized spacial score (nSPS) is 12.5. The predicted molar refractivity (Wildman–Crippen MR) is 52.5 cm³/mol. The first-order valence-electron chi connectivity index (χ1n) is 3.53. The summed E-state index contributed by atoms with van der Waals surface area (Å²) in [7, 11) is 1.51. The molecule has 1 atom stereocenters. The molecule has 0 saturated carbocycles. The zero-order valence-corrected chi connectivity index (χ0v) is 8.56. The van der Waals surface area contributed by atoms with Gasteiger partial charge in [-0.3, -0.25) is 0 Å². The Morgan fingerprint density at radius 1 is 1.62 bits per heavy atom. The van der Waals surface area contributed by atoms with E-state index in [1.165, 1.54) is 7.11 Å². The van der Waals surface area contributed by atoms with Crippen molar-refractivity contribution in [3.63, 3.8) is 0 Å². The van der Waals surface area contributed by atoms with Gasteiger partial charge in [-0.15, -0.1) is 0 Å².